The molecule has 0 bridgehead atoms. The van der Waals surface area contributed by atoms with Crippen molar-refractivity contribution in [2.24, 2.45) is 0 Å². The lowest BCUT2D eigenvalue weighted by Crippen LogP contribution is -2.10. The van der Waals surface area contributed by atoms with Crippen LogP contribution in [0.25, 0.3) is 0 Å². The van der Waals surface area contributed by atoms with Crippen LogP contribution in [-0.2, 0) is 6.42 Å². The van der Waals surface area contributed by atoms with Gasteiger partial charge in [-0.15, -0.1) is 0 Å². The van der Waals surface area contributed by atoms with Crippen molar-refractivity contribution in [1.29, 1.82) is 5.26 Å². The number of ether oxygens (including phenoxy) is 1. The maximum atomic E-state index is 9.10. The summed E-state index contributed by atoms with van der Waals surface area (Å²) in [5, 5.41) is 9.10. The summed E-state index contributed by atoms with van der Waals surface area (Å²) in [7, 11) is 0. The molecule has 1 aliphatic rings. The molecule has 0 aromatic heterocycles. The highest BCUT2D eigenvalue weighted by atomic mass is 16.5. The first-order chi connectivity index (χ1) is 7.86. The normalized spacial score (nSPS) is 18.3. The van der Waals surface area contributed by atoms with E-state index in [4.69, 9.17) is 10.00 Å². The van der Waals surface area contributed by atoms with Crippen molar-refractivity contribution < 1.29 is 4.74 Å². The summed E-state index contributed by atoms with van der Waals surface area (Å²) in [5.74, 6) is 0.952. The third-order valence-electron chi connectivity index (χ3n) is 2.98. The van der Waals surface area contributed by atoms with Gasteiger partial charge >= 0.3 is 0 Å². The van der Waals surface area contributed by atoms with Crippen LogP contribution in [0.1, 0.15) is 29.9 Å². The number of fused-ring (bicyclic) bond motifs is 1. The Kier molecular flexibility index (Phi) is 3.26. The van der Waals surface area contributed by atoms with Crippen LogP contribution in [0.5, 0.6) is 5.75 Å². The minimum atomic E-state index is 0.0380. The first-order valence-corrected chi connectivity index (χ1v) is 5.62. The molecule has 2 heteroatoms. The van der Waals surface area contributed by atoms with E-state index in [-0.39, 0.29) is 5.92 Å². The van der Waals surface area contributed by atoms with Gasteiger partial charge in [0.25, 0.3) is 0 Å². The molecule has 0 amide bonds. The lowest BCUT2D eigenvalue weighted by atomic mass is 9.83. The topological polar surface area (TPSA) is 33.0 Å². The highest BCUT2D eigenvalue weighted by Gasteiger charge is 2.22. The molecule has 0 radical (unpaired) electrons. The van der Waals surface area contributed by atoms with E-state index in [0.717, 1.165) is 30.6 Å². The van der Waals surface area contributed by atoms with Crippen molar-refractivity contribution in [2.75, 3.05) is 6.61 Å². The van der Waals surface area contributed by atoms with Crippen LogP contribution in [0.2, 0.25) is 0 Å². The highest BCUT2D eigenvalue weighted by Crippen LogP contribution is 2.36. The zero-order valence-electron chi connectivity index (χ0n) is 9.28. The summed E-state index contributed by atoms with van der Waals surface area (Å²) >= 11 is 0. The Morgan fingerprint density at radius 1 is 1.56 bits per heavy atom. The quantitative estimate of drug-likeness (QED) is 0.722. The molecule has 1 atom stereocenters. The van der Waals surface area contributed by atoms with Gasteiger partial charge in [-0.05, 0) is 36.5 Å². The second kappa shape index (κ2) is 4.85. The van der Waals surface area contributed by atoms with Gasteiger partial charge in [0.2, 0.25) is 0 Å². The fraction of sp³-hybridized carbons (Fsp3) is 0.357. The molecule has 0 saturated heterocycles. The van der Waals surface area contributed by atoms with Crippen molar-refractivity contribution in [3.63, 3.8) is 0 Å². The zero-order chi connectivity index (χ0) is 11.4. The predicted molar refractivity (Wildman–Crippen MR) is 63.4 cm³/mol. The van der Waals surface area contributed by atoms with E-state index in [2.05, 4.69) is 12.6 Å². The van der Waals surface area contributed by atoms with Crippen LogP contribution < -0.4 is 4.74 Å². The van der Waals surface area contributed by atoms with Gasteiger partial charge in [0, 0.05) is 0 Å². The molecule has 0 aliphatic heterocycles. The second-order valence-electron chi connectivity index (χ2n) is 4.00. The van der Waals surface area contributed by atoms with E-state index in [9.17, 15) is 0 Å². The molecule has 0 N–H and O–H groups in total. The molecule has 16 heavy (non-hydrogen) atoms. The Morgan fingerprint density at radius 3 is 3.19 bits per heavy atom. The van der Waals surface area contributed by atoms with E-state index < -0.39 is 0 Å². The van der Waals surface area contributed by atoms with Crippen molar-refractivity contribution in [3.8, 4) is 11.8 Å². The summed E-state index contributed by atoms with van der Waals surface area (Å²) in [5.41, 5.74) is 2.36. The van der Waals surface area contributed by atoms with E-state index >= 15 is 0 Å². The van der Waals surface area contributed by atoms with Gasteiger partial charge in [-0.25, -0.2) is 0 Å². The third-order valence-corrected chi connectivity index (χ3v) is 2.98. The summed E-state index contributed by atoms with van der Waals surface area (Å²) in [4.78, 5) is 0. The maximum absolute atomic E-state index is 9.10. The van der Waals surface area contributed by atoms with Crippen LogP contribution in [0.4, 0.5) is 0 Å². The molecule has 0 fully saturated rings. The van der Waals surface area contributed by atoms with Crippen LogP contribution in [0.15, 0.2) is 30.9 Å². The second-order valence-corrected chi connectivity index (χ2v) is 4.00. The molecular formula is C14H15NO. The van der Waals surface area contributed by atoms with Gasteiger partial charge in [-0.1, -0.05) is 24.8 Å². The SMILES string of the molecule is C=CCOc1cccc2c1CCCC2C#N. The lowest BCUT2D eigenvalue weighted by Gasteiger charge is -2.22. The maximum Gasteiger partial charge on any atom is 0.123 e. The standard InChI is InChI=1S/C14H15NO/c1-2-9-16-14-8-4-6-12-11(10-15)5-3-7-13(12)14/h2,4,6,8,11H,1,3,5,7,9H2. The average molecular weight is 213 g/mol. The van der Waals surface area contributed by atoms with Gasteiger partial charge in [0.1, 0.15) is 12.4 Å². The minimum absolute atomic E-state index is 0.0380. The van der Waals surface area contributed by atoms with Crippen molar-refractivity contribution >= 4 is 0 Å². The Balaban J connectivity index is 2.35. The Morgan fingerprint density at radius 2 is 2.44 bits per heavy atom. The zero-order valence-corrected chi connectivity index (χ0v) is 9.28. The lowest BCUT2D eigenvalue weighted by molar-refractivity contribution is 0.356. The molecule has 0 saturated carbocycles. The largest absolute Gasteiger partial charge is 0.489 e. The van der Waals surface area contributed by atoms with Gasteiger partial charge in [-0.3, -0.25) is 0 Å². The first-order valence-electron chi connectivity index (χ1n) is 5.62. The molecule has 0 spiro atoms. The Hall–Kier alpha value is -1.75. The summed E-state index contributed by atoms with van der Waals surface area (Å²) < 4.78 is 5.62. The monoisotopic (exact) mass is 213 g/mol. The smallest absolute Gasteiger partial charge is 0.123 e. The summed E-state index contributed by atoms with van der Waals surface area (Å²) in [6.45, 7) is 4.16. The van der Waals surface area contributed by atoms with Crippen LogP contribution in [0.3, 0.4) is 0 Å². The minimum Gasteiger partial charge on any atom is -0.489 e. The van der Waals surface area contributed by atoms with Crippen LogP contribution in [-0.4, -0.2) is 6.61 Å². The number of nitrogens with zero attached hydrogens (tertiary/aromatic N) is 1. The molecule has 2 nitrogen and oxygen atoms in total. The fourth-order valence-corrected chi connectivity index (χ4v) is 2.23. The van der Waals surface area contributed by atoms with Gasteiger partial charge in [0.15, 0.2) is 0 Å². The Bertz CT molecular complexity index is 431. The Labute approximate surface area is 96.2 Å². The van der Waals surface area contributed by atoms with Gasteiger partial charge in [-0.2, -0.15) is 5.26 Å². The number of benzene rings is 1. The molecular weight excluding hydrogens is 198 g/mol. The number of hydrogen-bond donors (Lipinski definition) is 0. The van der Waals surface area contributed by atoms with Crippen molar-refractivity contribution in [3.05, 3.63) is 42.0 Å². The number of nitriles is 1. The van der Waals surface area contributed by atoms with Crippen molar-refractivity contribution in [1.82, 2.24) is 0 Å². The highest BCUT2D eigenvalue weighted by molar-refractivity contribution is 5.45. The van der Waals surface area contributed by atoms with Gasteiger partial charge < -0.3 is 4.74 Å². The summed E-state index contributed by atoms with van der Waals surface area (Å²) in [6, 6.07) is 8.35. The van der Waals surface area contributed by atoms with Crippen LogP contribution in [0, 0.1) is 11.3 Å². The summed E-state index contributed by atoms with van der Waals surface area (Å²) in [6.07, 6.45) is 4.79. The molecule has 0 heterocycles. The van der Waals surface area contributed by atoms with E-state index in [1.807, 2.05) is 18.2 Å². The molecule has 1 aromatic rings. The average Bonchev–Trinajstić information content (AvgIpc) is 2.35. The molecule has 1 aromatic carbocycles. The molecule has 82 valence electrons. The molecule has 1 aliphatic carbocycles. The molecule has 2 rings (SSSR count). The fourth-order valence-electron chi connectivity index (χ4n) is 2.23. The van der Waals surface area contributed by atoms with E-state index in [1.165, 1.54) is 5.56 Å². The van der Waals surface area contributed by atoms with E-state index in [1.54, 1.807) is 6.08 Å². The van der Waals surface area contributed by atoms with Crippen molar-refractivity contribution in [2.45, 2.75) is 25.2 Å². The molecule has 1 unspecified atom stereocenters. The predicted octanol–water partition coefficient (Wildman–Crippen LogP) is 3.19. The van der Waals surface area contributed by atoms with E-state index in [0.29, 0.717) is 6.61 Å². The first kappa shape index (κ1) is 10.8. The van der Waals surface area contributed by atoms with Crippen LogP contribution >= 0.6 is 0 Å². The number of rotatable bonds is 3. The van der Waals surface area contributed by atoms with Gasteiger partial charge in [0.05, 0.1) is 12.0 Å². The third kappa shape index (κ3) is 1.94. The number of hydrogen-bond acceptors (Lipinski definition) is 2.